The van der Waals surface area contributed by atoms with Crippen LogP contribution in [0.1, 0.15) is 42.7 Å². The minimum Gasteiger partial charge on any atom is -0.505 e. The van der Waals surface area contributed by atoms with Gasteiger partial charge in [0.1, 0.15) is 17.4 Å². The monoisotopic (exact) mass is 478 g/mol. The normalized spacial score (nSPS) is 12.7. The fourth-order valence-corrected chi connectivity index (χ4v) is 3.66. The van der Waals surface area contributed by atoms with Crippen LogP contribution in [0.15, 0.2) is 58.1 Å². The lowest BCUT2D eigenvalue weighted by molar-refractivity contribution is -0.123. The molecule has 0 heterocycles. The Balaban J connectivity index is 1.83. The molecule has 0 saturated heterocycles. The van der Waals surface area contributed by atoms with E-state index in [0.717, 1.165) is 5.56 Å². The second-order valence-electron chi connectivity index (χ2n) is 8.94. The summed E-state index contributed by atoms with van der Waals surface area (Å²) in [4.78, 5) is 51.4. The highest BCUT2D eigenvalue weighted by Gasteiger charge is 2.30. The standard InChI is InChI=1S/C26H30N4O5/c1-14(2)19(25(34)27-15(3)16-10-7-6-8-11-16)29-21-20(23(32)24(21)33)28-18-13-9-12-17(22(18)31)26(35)30(4)5/h6-15,19,28-29,31H,1-5H3,(H,27,34). The number of hydrogen-bond donors (Lipinski definition) is 4. The Kier molecular flexibility index (Phi) is 7.58. The number of carbonyl (C=O) groups is 2. The second-order valence-corrected chi connectivity index (χ2v) is 8.94. The van der Waals surface area contributed by atoms with Gasteiger partial charge in [-0.1, -0.05) is 50.2 Å². The lowest BCUT2D eigenvalue weighted by Crippen LogP contribution is -2.47. The zero-order chi connectivity index (χ0) is 25.9. The van der Waals surface area contributed by atoms with Gasteiger partial charge in [0.15, 0.2) is 5.75 Å². The average molecular weight is 479 g/mol. The third-order valence-corrected chi connectivity index (χ3v) is 5.75. The van der Waals surface area contributed by atoms with Crippen LogP contribution in [0.5, 0.6) is 5.75 Å². The van der Waals surface area contributed by atoms with E-state index >= 15 is 0 Å². The van der Waals surface area contributed by atoms with Gasteiger partial charge in [0, 0.05) is 14.1 Å². The molecule has 2 amide bonds. The number of carbonyl (C=O) groups excluding carboxylic acids is 2. The number of benzene rings is 2. The topological polar surface area (TPSA) is 128 Å². The van der Waals surface area contributed by atoms with Crippen LogP contribution in [0.25, 0.3) is 0 Å². The lowest BCUT2D eigenvalue weighted by Gasteiger charge is -2.26. The smallest absolute Gasteiger partial charge is 0.257 e. The lowest BCUT2D eigenvalue weighted by atomic mass is 10.0. The summed E-state index contributed by atoms with van der Waals surface area (Å²) in [5, 5.41) is 19.2. The van der Waals surface area contributed by atoms with Crippen molar-refractivity contribution in [3.05, 3.63) is 80.1 Å². The van der Waals surface area contributed by atoms with Crippen molar-refractivity contribution in [1.29, 1.82) is 0 Å². The maximum absolute atomic E-state index is 13.0. The van der Waals surface area contributed by atoms with E-state index in [1.54, 1.807) is 20.2 Å². The summed E-state index contributed by atoms with van der Waals surface area (Å²) in [6, 6.07) is 12.9. The summed E-state index contributed by atoms with van der Waals surface area (Å²) in [7, 11) is 3.10. The minimum absolute atomic E-state index is 0.0417. The van der Waals surface area contributed by atoms with Gasteiger partial charge in [-0.3, -0.25) is 19.2 Å². The van der Waals surface area contributed by atoms with Gasteiger partial charge in [0.05, 0.1) is 17.3 Å². The van der Waals surface area contributed by atoms with Gasteiger partial charge in [0.2, 0.25) is 5.91 Å². The number of para-hydroxylation sites is 1. The van der Waals surface area contributed by atoms with Crippen molar-refractivity contribution in [1.82, 2.24) is 10.2 Å². The molecule has 0 spiro atoms. The van der Waals surface area contributed by atoms with Crippen molar-refractivity contribution >= 4 is 28.9 Å². The van der Waals surface area contributed by atoms with E-state index in [-0.39, 0.29) is 46.2 Å². The second kappa shape index (κ2) is 10.4. The van der Waals surface area contributed by atoms with Crippen LogP contribution in [0.2, 0.25) is 0 Å². The molecular weight excluding hydrogens is 448 g/mol. The van der Waals surface area contributed by atoms with Gasteiger partial charge in [-0.25, -0.2) is 0 Å². The van der Waals surface area contributed by atoms with Crippen LogP contribution < -0.4 is 26.8 Å². The number of amides is 2. The van der Waals surface area contributed by atoms with Gasteiger partial charge in [0.25, 0.3) is 16.8 Å². The maximum atomic E-state index is 13.0. The predicted octanol–water partition coefficient (Wildman–Crippen LogP) is 2.75. The Morgan fingerprint density at radius 1 is 0.886 bits per heavy atom. The van der Waals surface area contributed by atoms with Gasteiger partial charge in [-0.2, -0.15) is 0 Å². The van der Waals surface area contributed by atoms with Crippen molar-refractivity contribution in [3.8, 4) is 5.75 Å². The zero-order valence-electron chi connectivity index (χ0n) is 20.4. The predicted molar refractivity (Wildman–Crippen MR) is 136 cm³/mol. The Morgan fingerprint density at radius 2 is 1.51 bits per heavy atom. The third kappa shape index (κ3) is 5.34. The Bertz CT molecular complexity index is 1290. The molecule has 0 aliphatic carbocycles. The quantitative estimate of drug-likeness (QED) is 0.275. The van der Waals surface area contributed by atoms with Gasteiger partial charge in [-0.05, 0) is 30.5 Å². The highest BCUT2D eigenvalue weighted by atomic mass is 16.3. The van der Waals surface area contributed by atoms with E-state index in [1.807, 2.05) is 51.1 Å². The summed E-state index contributed by atoms with van der Waals surface area (Å²) in [6.07, 6.45) is 0. The number of nitrogens with zero attached hydrogens (tertiary/aromatic N) is 1. The summed E-state index contributed by atoms with van der Waals surface area (Å²) in [5.74, 6) is -1.29. The number of anilines is 3. The first-order valence-corrected chi connectivity index (χ1v) is 11.3. The van der Waals surface area contributed by atoms with Crippen molar-refractivity contribution in [2.75, 3.05) is 24.7 Å². The molecule has 184 valence electrons. The van der Waals surface area contributed by atoms with E-state index in [4.69, 9.17) is 0 Å². The average Bonchev–Trinajstić information content (AvgIpc) is 2.83. The molecule has 3 rings (SSSR count). The summed E-state index contributed by atoms with van der Waals surface area (Å²) in [6.45, 7) is 5.51. The van der Waals surface area contributed by atoms with Crippen molar-refractivity contribution in [2.45, 2.75) is 32.9 Å². The molecule has 35 heavy (non-hydrogen) atoms. The van der Waals surface area contributed by atoms with Crippen LogP contribution >= 0.6 is 0 Å². The molecule has 2 atom stereocenters. The number of phenolic OH excluding ortho intramolecular Hbond substituents is 1. The Morgan fingerprint density at radius 3 is 2.11 bits per heavy atom. The van der Waals surface area contributed by atoms with Crippen molar-refractivity contribution < 1.29 is 14.7 Å². The number of aromatic hydroxyl groups is 1. The molecule has 2 unspecified atom stereocenters. The molecule has 0 aliphatic rings. The number of rotatable bonds is 9. The molecule has 0 fully saturated rings. The summed E-state index contributed by atoms with van der Waals surface area (Å²) in [5.41, 5.74) is -0.589. The number of nitrogens with one attached hydrogen (secondary N) is 3. The van der Waals surface area contributed by atoms with Crippen molar-refractivity contribution in [3.63, 3.8) is 0 Å². The molecule has 3 aromatic carbocycles. The zero-order valence-corrected chi connectivity index (χ0v) is 20.4. The molecule has 3 aromatic rings. The maximum Gasteiger partial charge on any atom is 0.257 e. The largest absolute Gasteiger partial charge is 0.505 e. The first kappa shape index (κ1) is 25.5. The molecule has 0 aromatic heterocycles. The first-order valence-electron chi connectivity index (χ1n) is 11.3. The van der Waals surface area contributed by atoms with E-state index in [2.05, 4.69) is 16.0 Å². The van der Waals surface area contributed by atoms with Gasteiger partial charge in [-0.15, -0.1) is 0 Å². The van der Waals surface area contributed by atoms with E-state index in [9.17, 15) is 24.3 Å². The van der Waals surface area contributed by atoms with Gasteiger partial charge >= 0.3 is 0 Å². The minimum atomic E-state index is -0.791. The van der Waals surface area contributed by atoms with Crippen LogP contribution in [0, 0.1) is 5.92 Å². The summed E-state index contributed by atoms with van der Waals surface area (Å²) < 4.78 is 0. The third-order valence-electron chi connectivity index (χ3n) is 5.75. The van der Waals surface area contributed by atoms with Crippen LogP contribution in [-0.2, 0) is 4.79 Å². The fraction of sp³-hybridized carbons (Fsp3) is 0.308. The highest BCUT2D eigenvalue weighted by Crippen LogP contribution is 2.32. The van der Waals surface area contributed by atoms with Crippen LogP contribution in [0.4, 0.5) is 17.1 Å². The van der Waals surface area contributed by atoms with Crippen LogP contribution in [0.3, 0.4) is 0 Å². The van der Waals surface area contributed by atoms with E-state index in [0.29, 0.717) is 0 Å². The molecule has 9 nitrogen and oxygen atoms in total. The SMILES string of the molecule is CC(NC(=O)C(Nc1c(Nc2cccc(C(=O)N(C)C)c2O)c(=O)c1=O)C(C)C)c1ccccc1. The molecule has 0 bridgehead atoms. The summed E-state index contributed by atoms with van der Waals surface area (Å²) >= 11 is 0. The molecule has 0 saturated carbocycles. The van der Waals surface area contributed by atoms with Crippen LogP contribution in [-0.4, -0.2) is 42.0 Å². The number of hydrogen-bond acceptors (Lipinski definition) is 7. The fourth-order valence-electron chi connectivity index (χ4n) is 3.66. The molecule has 4 N–H and O–H groups in total. The molecule has 0 radical (unpaired) electrons. The van der Waals surface area contributed by atoms with E-state index < -0.39 is 22.8 Å². The van der Waals surface area contributed by atoms with E-state index in [1.165, 1.54) is 17.0 Å². The molecular formula is C26H30N4O5. The highest BCUT2D eigenvalue weighted by molar-refractivity contribution is 5.99. The molecule has 0 aliphatic heterocycles. The number of phenols is 1. The Hall–Kier alpha value is -4.14. The first-order chi connectivity index (χ1) is 16.5. The molecule has 9 heteroatoms. The Labute approximate surface area is 203 Å². The van der Waals surface area contributed by atoms with Gasteiger partial charge < -0.3 is 26.0 Å². The van der Waals surface area contributed by atoms with Crippen molar-refractivity contribution in [2.24, 2.45) is 5.92 Å².